The van der Waals surface area contributed by atoms with Gasteiger partial charge < -0.3 is 9.79 Å². The Morgan fingerprint density at radius 2 is 1.77 bits per heavy atom. The van der Waals surface area contributed by atoms with Crippen molar-refractivity contribution in [3.63, 3.8) is 0 Å². The minimum atomic E-state index is -2.71. The predicted molar refractivity (Wildman–Crippen MR) is 52.9 cm³/mol. The van der Waals surface area contributed by atoms with Gasteiger partial charge in [-0.25, -0.2) is 0 Å². The summed E-state index contributed by atoms with van der Waals surface area (Å²) in [6.45, 7) is 1.64. The van der Waals surface area contributed by atoms with Crippen molar-refractivity contribution in [2.24, 2.45) is 0 Å². The lowest BCUT2D eigenvalue weighted by Gasteiger charge is -2.02. The molecule has 0 saturated heterocycles. The predicted octanol–water partition coefficient (Wildman–Crippen LogP) is 0.180. The topological polar surface area (TPSA) is 74.6 Å². The van der Waals surface area contributed by atoms with Crippen LogP contribution in [0, 0.1) is 6.92 Å². The number of rotatable bonds is 2. The van der Waals surface area contributed by atoms with E-state index in [1.165, 1.54) is 18.2 Å². The van der Waals surface area contributed by atoms with E-state index in [0.717, 1.165) is 0 Å². The first-order valence-electron chi connectivity index (χ1n) is 3.59. The molecule has 0 spiro atoms. The zero-order valence-electron chi connectivity index (χ0n) is 6.94. The molecule has 0 aliphatic rings. The summed E-state index contributed by atoms with van der Waals surface area (Å²) in [6.07, 6.45) is 0. The molecule has 2 N–H and O–H groups in total. The molecule has 1 aromatic rings. The first kappa shape index (κ1) is 10.7. The number of aryl methyl sites for hydroxylation is 1. The minimum absolute atomic E-state index is 0.314. The molecule has 72 valence electrons. The molecule has 0 aliphatic carbocycles. The second kappa shape index (κ2) is 4.21. The molecule has 0 bridgehead atoms. The van der Waals surface area contributed by atoms with Crippen LogP contribution in [0.2, 0.25) is 0 Å². The van der Waals surface area contributed by atoms with Crippen molar-refractivity contribution in [2.45, 2.75) is 6.92 Å². The molecule has 1 aromatic carbocycles. The van der Waals surface area contributed by atoms with Gasteiger partial charge in [-0.15, -0.1) is 0 Å². The molecule has 0 saturated carbocycles. The van der Waals surface area contributed by atoms with E-state index < -0.39 is 16.1 Å². The smallest absolute Gasteiger partial charge is 0.218 e. The van der Waals surface area contributed by atoms with E-state index in [-0.39, 0.29) is 0 Å². The minimum Gasteiger partial charge on any atom is -0.343 e. The van der Waals surface area contributed by atoms with Gasteiger partial charge in [-0.1, -0.05) is 0 Å². The van der Waals surface area contributed by atoms with Crippen LogP contribution in [-0.2, 0) is 9.13 Å². The second-order valence-electron chi connectivity index (χ2n) is 2.64. The Balaban J connectivity index is 3.20. The monoisotopic (exact) mass is 220 g/mol. The van der Waals surface area contributed by atoms with Crippen molar-refractivity contribution < 1.29 is 18.9 Å². The van der Waals surface area contributed by atoms with Crippen molar-refractivity contribution in [2.75, 3.05) is 0 Å². The van der Waals surface area contributed by atoms with E-state index in [1.807, 2.05) is 0 Å². The van der Waals surface area contributed by atoms with Crippen LogP contribution < -0.4 is 10.6 Å². The van der Waals surface area contributed by atoms with E-state index in [9.17, 15) is 9.13 Å². The van der Waals surface area contributed by atoms with Gasteiger partial charge >= 0.3 is 0 Å². The fourth-order valence-electron chi connectivity index (χ4n) is 1.04. The SMILES string of the molecule is Cc1cc([PH](=O)O)ccc1[PH](=O)O. The van der Waals surface area contributed by atoms with Gasteiger partial charge in [-0.05, 0) is 30.7 Å². The van der Waals surface area contributed by atoms with E-state index in [1.54, 1.807) is 6.92 Å². The molecule has 0 heterocycles. The summed E-state index contributed by atoms with van der Waals surface area (Å²) >= 11 is 0. The van der Waals surface area contributed by atoms with Crippen LogP contribution in [-0.4, -0.2) is 9.79 Å². The maximum atomic E-state index is 10.8. The molecule has 0 aromatic heterocycles. The Hall–Kier alpha value is -0.400. The molecule has 2 atom stereocenters. The van der Waals surface area contributed by atoms with E-state index in [4.69, 9.17) is 9.79 Å². The van der Waals surface area contributed by atoms with Gasteiger partial charge in [0.15, 0.2) is 0 Å². The van der Waals surface area contributed by atoms with Gasteiger partial charge in [-0.3, -0.25) is 9.13 Å². The molecule has 0 fully saturated rings. The van der Waals surface area contributed by atoms with Gasteiger partial charge in [0, 0.05) is 10.6 Å². The maximum absolute atomic E-state index is 10.8. The summed E-state index contributed by atoms with van der Waals surface area (Å²) in [5, 5.41) is 0.659. The first-order valence-corrected chi connectivity index (χ1v) is 6.30. The Kier molecular flexibility index (Phi) is 3.46. The van der Waals surface area contributed by atoms with Crippen LogP contribution >= 0.6 is 16.1 Å². The third-order valence-electron chi connectivity index (χ3n) is 1.70. The van der Waals surface area contributed by atoms with Crippen molar-refractivity contribution in [1.82, 2.24) is 0 Å². The van der Waals surface area contributed by atoms with Gasteiger partial charge in [0.05, 0.1) is 0 Å². The number of hydrogen-bond acceptors (Lipinski definition) is 2. The Labute approximate surface area is 77.0 Å². The molecular formula is C7H10O4P2. The van der Waals surface area contributed by atoms with E-state index in [0.29, 0.717) is 16.2 Å². The largest absolute Gasteiger partial charge is 0.343 e. The summed E-state index contributed by atoms with van der Waals surface area (Å²) < 4.78 is 21.4. The van der Waals surface area contributed by atoms with E-state index in [2.05, 4.69) is 0 Å². The number of hydrogen-bond donors (Lipinski definition) is 2. The molecule has 0 aliphatic heterocycles. The average Bonchev–Trinajstić information content (AvgIpc) is 2.03. The van der Waals surface area contributed by atoms with Crippen LogP contribution in [0.4, 0.5) is 0 Å². The fraction of sp³-hybridized carbons (Fsp3) is 0.143. The van der Waals surface area contributed by atoms with Crippen LogP contribution in [0.5, 0.6) is 0 Å². The second-order valence-corrected chi connectivity index (χ2v) is 4.98. The van der Waals surface area contributed by atoms with Crippen LogP contribution in [0.3, 0.4) is 0 Å². The standard InChI is InChI=1S/C7H10O4P2/c1-5-4-6(12(8)9)2-3-7(5)13(10)11/h2-4,12-13H,1H3,(H,8,9)(H,10,11). The highest BCUT2D eigenvalue weighted by atomic mass is 31.1. The van der Waals surface area contributed by atoms with Gasteiger partial charge in [0.25, 0.3) is 0 Å². The highest BCUT2D eigenvalue weighted by molar-refractivity contribution is 7.48. The van der Waals surface area contributed by atoms with Crippen LogP contribution in [0.25, 0.3) is 0 Å². The third kappa shape index (κ3) is 2.52. The highest BCUT2D eigenvalue weighted by Crippen LogP contribution is 2.18. The van der Waals surface area contributed by atoms with Crippen molar-refractivity contribution in [1.29, 1.82) is 0 Å². The van der Waals surface area contributed by atoms with Crippen LogP contribution in [0.15, 0.2) is 18.2 Å². The van der Waals surface area contributed by atoms with Gasteiger partial charge in [0.2, 0.25) is 16.1 Å². The lowest BCUT2D eigenvalue weighted by Crippen LogP contribution is -2.07. The lowest BCUT2D eigenvalue weighted by molar-refractivity contribution is 0.511. The Morgan fingerprint density at radius 1 is 1.15 bits per heavy atom. The highest BCUT2D eigenvalue weighted by Gasteiger charge is 2.06. The molecule has 6 heteroatoms. The number of benzene rings is 1. The normalized spacial score (nSPS) is 15.3. The summed E-state index contributed by atoms with van der Waals surface area (Å²) in [5.41, 5.74) is 0.580. The average molecular weight is 220 g/mol. The molecule has 13 heavy (non-hydrogen) atoms. The zero-order chi connectivity index (χ0) is 10.0. The van der Waals surface area contributed by atoms with E-state index >= 15 is 0 Å². The van der Waals surface area contributed by atoms with Gasteiger partial charge in [-0.2, -0.15) is 0 Å². The maximum Gasteiger partial charge on any atom is 0.218 e. The van der Waals surface area contributed by atoms with Crippen molar-refractivity contribution >= 4 is 26.7 Å². The summed E-state index contributed by atoms with van der Waals surface area (Å²) in [5.74, 6) is 0. The third-order valence-corrected chi connectivity index (χ3v) is 3.53. The molecular weight excluding hydrogens is 210 g/mol. The van der Waals surface area contributed by atoms with Crippen molar-refractivity contribution in [3.8, 4) is 0 Å². The Morgan fingerprint density at radius 3 is 2.15 bits per heavy atom. The fourth-order valence-corrected chi connectivity index (χ4v) is 2.24. The van der Waals surface area contributed by atoms with Gasteiger partial charge in [0.1, 0.15) is 0 Å². The Bertz CT molecular complexity index is 375. The lowest BCUT2D eigenvalue weighted by atomic mass is 10.2. The molecule has 4 nitrogen and oxygen atoms in total. The summed E-state index contributed by atoms with van der Waals surface area (Å²) in [7, 11) is -5.40. The molecule has 0 amide bonds. The molecule has 1 rings (SSSR count). The first-order chi connectivity index (χ1) is 6.02. The molecule has 2 unspecified atom stereocenters. The summed E-state index contributed by atoms with van der Waals surface area (Å²) in [4.78, 5) is 17.6. The quantitative estimate of drug-likeness (QED) is 0.697. The van der Waals surface area contributed by atoms with Crippen LogP contribution in [0.1, 0.15) is 5.56 Å². The van der Waals surface area contributed by atoms with Crippen molar-refractivity contribution in [3.05, 3.63) is 23.8 Å². The zero-order valence-corrected chi connectivity index (χ0v) is 8.94. The molecule has 0 radical (unpaired) electrons. The summed E-state index contributed by atoms with van der Waals surface area (Å²) in [6, 6.07) is 4.29.